The third-order valence-corrected chi connectivity index (χ3v) is 6.91. The number of para-hydroxylation sites is 2. The number of aromatic nitrogens is 2. The fraction of sp³-hybridized carbons (Fsp3) is 0.114. The lowest BCUT2D eigenvalue weighted by Gasteiger charge is -2.11. The number of amides is 1. The Morgan fingerprint density at radius 1 is 0.829 bits per heavy atom. The predicted octanol–water partition coefficient (Wildman–Crippen LogP) is 7.47. The van der Waals surface area contributed by atoms with Crippen molar-refractivity contribution in [3.05, 3.63) is 138 Å². The Balaban J connectivity index is 1.50. The molecule has 1 aromatic heterocycles. The molecule has 2 heterocycles. The molecule has 1 aliphatic heterocycles. The zero-order valence-electron chi connectivity index (χ0n) is 23.1. The first-order chi connectivity index (χ1) is 20.1. The largest absolute Gasteiger partial charge is 0.494 e. The van der Waals surface area contributed by atoms with Crippen molar-refractivity contribution in [2.75, 3.05) is 11.6 Å². The van der Waals surface area contributed by atoms with Crippen molar-refractivity contribution in [1.29, 1.82) is 0 Å². The van der Waals surface area contributed by atoms with Gasteiger partial charge in [-0.25, -0.2) is 4.68 Å². The standard InChI is InChI=1S/C35H30N4O2/c1-3-21-41-30-19-20-31(25(2)22-30)34-27(24-38(36-34)28-15-9-5-10-16-28)23-32-33(26-13-7-4-8-14-26)37-39(35(32)40)29-17-11-6-12-18-29/h4-20,22-24H,3,21H2,1-2H3. The minimum absolute atomic E-state index is 0.187. The van der Waals surface area contributed by atoms with Crippen LogP contribution in [-0.2, 0) is 4.79 Å². The van der Waals surface area contributed by atoms with Crippen molar-refractivity contribution >= 4 is 23.4 Å². The summed E-state index contributed by atoms with van der Waals surface area (Å²) in [5.41, 5.74) is 7.26. The van der Waals surface area contributed by atoms with Crippen molar-refractivity contribution in [3.8, 4) is 22.7 Å². The molecule has 0 fully saturated rings. The molecular weight excluding hydrogens is 508 g/mol. The molecule has 41 heavy (non-hydrogen) atoms. The Morgan fingerprint density at radius 2 is 1.49 bits per heavy atom. The zero-order chi connectivity index (χ0) is 28.2. The van der Waals surface area contributed by atoms with Gasteiger partial charge in [-0.15, -0.1) is 0 Å². The summed E-state index contributed by atoms with van der Waals surface area (Å²) in [6, 6.07) is 35.3. The van der Waals surface area contributed by atoms with E-state index in [2.05, 4.69) is 13.8 Å². The Bertz CT molecular complexity index is 1740. The van der Waals surface area contributed by atoms with E-state index >= 15 is 0 Å². The Morgan fingerprint density at radius 3 is 2.15 bits per heavy atom. The summed E-state index contributed by atoms with van der Waals surface area (Å²) in [7, 11) is 0. The minimum Gasteiger partial charge on any atom is -0.494 e. The summed E-state index contributed by atoms with van der Waals surface area (Å²) < 4.78 is 7.72. The molecule has 6 nitrogen and oxygen atoms in total. The molecule has 4 aromatic carbocycles. The van der Waals surface area contributed by atoms with E-state index in [1.54, 1.807) is 0 Å². The van der Waals surface area contributed by atoms with Crippen LogP contribution >= 0.6 is 0 Å². The molecule has 0 radical (unpaired) electrons. The van der Waals surface area contributed by atoms with E-state index in [0.717, 1.165) is 45.8 Å². The first-order valence-electron chi connectivity index (χ1n) is 13.8. The van der Waals surface area contributed by atoms with E-state index in [-0.39, 0.29) is 5.91 Å². The molecular formula is C35H30N4O2. The van der Waals surface area contributed by atoms with Crippen molar-refractivity contribution < 1.29 is 9.53 Å². The lowest BCUT2D eigenvalue weighted by Crippen LogP contribution is -2.21. The van der Waals surface area contributed by atoms with Gasteiger partial charge in [0.15, 0.2) is 0 Å². The van der Waals surface area contributed by atoms with Crippen LogP contribution in [0.15, 0.2) is 126 Å². The quantitative estimate of drug-likeness (QED) is 0.193. The second kappa shape index (κ2) is 11.5. The maximum Gasteiger partial charge on any atom is 0.281 e. The summed E-state index contributed by atoms with van der Waals surface area (Å²) >= 11 is 0. The van der Waals surface area contributed by atoms with Gasteiger partial charge in [-0.05, 0) is 67.4 Å². The molecule has 1 amide bonds. The van der Waals surface area contributed by atoms with E-state index < -0.39 is 0 Å². The number of rotatable bonds is 8. The van der Waals surface area contributed by atoms with Crippen LogP contribution in [0.2, 0.25) is 0 Å². The lowest BCUT2D eigenvalue weighted by molar-refractivity contribution is -0.114. The van der Waals surface area contributed by atoms with Gasteiger partial charge in [0.05, 0.1) is 23.6 Å². The van der Waals surface area contributed by atoms with Gasteiger partial charge < -0.3 is 4.74 Å². The topological polar surface area (TPSA) is 59.7 Å². The fourth-order valence-electron chi connectivity index (χ4n) is 4.88. The van der Waals surface area contributed by atoms with E-state index in [4.69, 9.17) is 14.9 Å². The van der Waals surface area contributed by atoms with Crippen LogP contribution in [0.4, 0.5) is 5.69 Å². The molecule has 0 spiro atoms. The predicted molar refractivity (Wildman–Crippen MR) is 164 cm³/mol. The number of nitrogens with zero attached hydrogens (tertiary/aromatic N) is 4. The van der Waals surface area contributed by atoms with Crippen molar-refractivity contribution in [1.82, 2.24) is 9.78 Å². The SMILES string of the molecule is CCCOc1ccc(-c2nn(-c3ccccc3)cc2C=C2C(=O)N(c3ccccc3)N=C2c2ccccc2)c(C)c1. The van der Waals surface area contributed by atoms with Crippen LogP contribution in [0.3, 0.4) is 0 Å². The molecule has 6 rings (SSSR count). The van der Waals surface area contributed by atoms with Gasteiger partial charge in [-0.3, -0.25) is 4.79 Å². The molecule has 0 saturated heterocycles. The van der Waals surface area contributed by atoms with Gasteiger partial charge in [-0.1, -0.05) is 73.7 Å². The highest BCUT2D eigenvalue weighted by atomic mass is 16.5. The first-order valence-corrected chi connectivity index (χ1v) is 13.8. The second-order valence-electron chi connectivity index (χ2n) is 9.86. The average molecular weight is 539 g/mol. The third-order valence-electron chi connectivity index (χ3n) is 6.91. The van der Waals surface area contributed by atoms with Crippen molar-refractivity contribution in [2.45, 2.75) is 20.3 Å². The summed E-state index contributed by atoms with van der Waals surface area (Å²) in [4.78, 5) is 13.9. The number of carbonyl (C=O) groups is 1. The Kier molecular flexibility index (Phi) is 7.28. The van der Waals surface area contributed by atoms with Crippen LogP contribution in [0.25, 0.3) is 23.0 Å². The third kappa shape index (κ3) is 5.32. The molecule has 202 valence electrons. The molecule has 0 aliphatic carbocycles. The number of benzene rings is 4. The molecule has 6 heteroatoms. The number of carbonyl (C=O) groups excluding carboxylic acids is 1. The maximum atomic E-state index is 13.9. The highest BCUT2D eigenvalue weighted by Crippen LogP contribution is 2.33. The molecule has 5 aromatic rings. The number of hydrogen-bond donors (Lipinski definition) is 0. The van der Waals surface area contributed by atoms with Crippen molar-refractivity contribution in [3.63, 3.8) is 0 Å². The normalized spacial score (nSPS) is 14.0. The smallest absolute Gasteiger partial charge is 0.281 e. The highest BCUT2D eigenvalue weighted by molar-refractivity contribution is 6.37. The van der Waals surface area contributed by atoms with E-state index in [1.807, 2.05) is 126 Å². The molecule has 0 unspecified atom stereocenters. The van der Waals surface area contributed by atoms with Gasteiger partial charge in [0.1, 0.15) is 17.2 Å². The van der Waals surface area contributed by atoms with Crippen molar-refractivity contribution in [2.24, 2.45) is 5.10 Å². The number of hydrogen-bond acceptors (Lipinski definition) is 4. The highest BCUT2D eigenvalue weighted by Gasteiger charge is 2.32. The first kappa shape index (κ1) is 26.0. The average Bonchev–Trinajstić information content (AvgIpc) is 3.58. The summed E-state index contributed by atoms with van der Waals surface area (Å²) in [6.45, 7) is 4.81. The van der Waals surface area contributed by atoms with Crippen LogP contribution in [0.1, 0.15) is 30.0 Å². The summed E-state index contributed by atoms with van der Waals surface area (Å²) in [5.74, 6) is 0.645. The molecule has 0 bridgehead atoms. The second-order valence-corrected chi connectivity index (χ2v) is 9.86. The Hall–Kier alpha value is -5.23. The summed E-state index contributed by atoms with van der Waals surface area (Å²) in [6.07, 6.45) is 4.83. The maximum absolute atomic E-state index is 13.9. The van der Waals surface area contributed by atoms with Gasteiger partial charge in [0.2, 0.25) is 0 Å². The monoisotopic (exact) mass is 538 g/mol. The Labute approximate surface area is 239 Å². The van der Waals surface area contributed by atoms with E-state index in [1.165, 1.54) is 5.01 Å². The van der Waals surface area contributed by atoms with Crippen LogP contribution in [0, 0.1) is 6.92 Å². The zero-order valence-corrected chi connectivity index (χ0v) is 23.1. The number of ether oxygens (including phenoxy) is 1. The molecule has 0 N–H and O–H groups in total. The number of hydrazone groups is 1. The molecule has 1 aliphatic rings. The van der Waals surface area contributed by atoms with Crippen LogP contribution in [0.5, 0.6) is 5.75 Å². The van der Waals surface area contributed by atoms with Gasteiger partial charge in [0, 0.05) is 22.9 Å². The lowest BCUT2D eigenvalue weighted by atomic mass is 9.97. The molecule has 0 atom stereocenters. The van der Waals surface area contributed by atoms with E-state index in [9.17, 15) is 4.79 Å². The van der Waals surface area contributed by atoms with Crippen LogP contribution in [-0.4, -0.2) is 28.0 Å². The number of anilines is 1. The van der Waals surface area contributed by atoms with Gasteiger partial charge >= 0.3 is 0 Å². The summed E-state index contributed by atoms with van der Waals surface area (Å²) in [5, 5.41) is 11.3. The van der Waals surface area contributed by atoms with Gasteiger partial charge in [-0.2, -0.15) is 15.2 Å². The van der Waals surface area contributed by atoms with Crippen LogP contribution < -0.4 is 9.75 Å². The fourth-order valence-corrected chi connectivity index (χ4v) is 4.88. The minimum atomic E-state index is -0.187. The number of aryl methyl sites for hydroxylation is 1. The molecule has 0 saturated carbocycles. The van der Waals surface area contributed by atoms with E-state index in [0.29, 0.717) is 23.6 Å². The van der Waals surface area contributed by atoms with Gasteiger partial charge in [0.25, 0.3) is 5.91 Å².